The van der Waals surface area contributed by atoms with E-state index in [-0.39, 0.29) is 37.2 Å². The molecule has 0 saturated heterocycles. The van der Waals surface area contributed by atoms with Crippen molar-refractivity contribution >= 4 is 18.8 Å². The lowest BCUT2D eigenvalue weighted by Gasteiger charge is -2.24. The highest BCUT2D eigenvalue weighted by Gasteiger charge is 2.33. The molecule has 0 fully saturated rings. The van der Waals surface area contributed by atoms with Crippen LogP contribution in [0.2, 0.25) is 0 Å². The lowest BCUT2D eigenvalue weighted by Crippen LogP contribution is -2.36. The Balaban J connectivity index is 1.95. The topological polar surface area (TPSA) is 129 Å². The quantitative estimate of drug-likeness (QED) is 0.608. The molecule has 2 N–H and O–H groups in total. The third kappa shape index (κ3) is 4.47. The number of amides is 1. The number of aromatic nitrogens is 2. The zero-order valence-corrected chi connectivity index (χ0v) is 19.1. The number of halogens is 1. The van der Waals surface area contributed by atoms with Gasteiger partial charge in [0.1, 0.15) is 11.6 Å². The molecule has 174 valence electrons. The Bertz CT molecular complexity index is 1140. The number of benzene rings is 1. The van der Waals surface area contributed by atoms with Gasteiger partial charge in [0.2, 0.25) is 5.75 Å². The Labute approximate surface area is 183 Å². The average molecular weight is 469 g/mol. The third-order valence-corrected chi connectivity index (χ3v) is 7.12. The minimum atomic E-state index is -3.81. The summed E-state index contributed by atoms with van der Waals surface area (Å²) in [5.74, 6) is -1.97. The van der Waals surface area contributed by atoms with E-state index < -0.39 is 41.7 Å². The summed E-state index contributed by atoms with van der Waals surface area (Å²) in [4.78, 5) is 29.8. The number of rotatable bonds is 6. The van der Waals surface area contributed by atoms with Gasteiger partial charge in [0.15, 0.2) is 5.69 Å². The lowest BCUT2D eigenvalue weighted by molar-refractivity contribution is 0.0939. The van der Waals surface area contributed by atoms with E-state index in [0.29, 0.717) is 5.82 Å². The van der Waals surface area contributed by atoms with Crippen LogP contribution in [0.1, 0.15) is 35.7 Å². The zero-order chi connectivity index (χ0) is 23.7. The van der Waals surface area contributed by atoms with Crippen molar-refractivity contribution in [3.8, 4) is 5.75 Å². The summed E-state index contributed by atoms with van der Waals surface area (Å²) in [6.07, 6.45) is 0. The summed E-state index contributed by atoms with van der Waals surface area (Å²) < 4.78 is 43.2. The highest BCUT2D eigenvalue weighted by Crippen LogP contribution is 2.46. The molecule has 0 radical (unpaired) electrons. The van der Waals surface area contributed by atoms with Crippen molar-refractivity contribution in [1.82, 2.24) is 14.9 Å². The van der Waals surface area contributed by atoms with Gasteiger partial charge < -0.3 is 24.2 Å². The molecule has 2 aromatic rings. The van der Waals surface area contributed by atoms with Gasteiger partial charge in [-0.3, -0.25) is 18.7 Å². The summed E-state index contributed by atoms with van der Waals surface area (Å²) in [5, 5.41) is 12.8. The van der Waals surface area contributed by atoms with Gasteiger partial charge >= 0.3 is 7.60 Å². The molecule has 32 heavy (non-hydrogen) atoms. The number of hydrogen-bond acceptors (Lipinski definition) is 8. The van der Waals surface area contributed by atoms with Crippen molar-refractivity contribution in [2.45, 2.75) is 32.4 Å². The first kappa shape index (κ1) is 24.1. The molecule has 0 bridgehead atoms. The minimum Gasteiger partial charge on any atom is -0.501 e. The number of carbonyl (C=O) groups excluding carboxylic acids is 1. The normalized spacial score (nSPS) is 15.7. The van der Waals surface area contributed by atoms with Gasteiger partial charge in [-0.2, -0.15) is 0 Å². The second-order valence-corrected chi connectivity index (χ2v) is 10.1. The molecular formula is C20H25FN3O7P. The van der Waals surface area contributed by atoms with Crippen LogP contribution in [0.15, 0.2) is 23.0 Å². The van der Waals surface area contributed by atoms with Crippen LogP contribution >= 0.6 is 7.60 Å². The first-order chi connectivity index (χ1) is 15.0. The number of ether oxygens (including phenoxy) is 1. The molecule has 0 spiro atoms. The molecule has 0 unspecified atom stereocenters. The Hall–Kier alpha value is -2.59. The molecule has 0 atom stereocenters. The maximum Gasteiger partial charge on any atom is 0.361 e. The minimum absolute atomic E-state index is 0.0553. The van der Waals surface area contributed by atoms with Gasteiger partial charge in [-0.15, -0.1) is 0 Å². The predicted molar refractivity (Wildman–Crippen MR) is 113 cm³/mol. The smallest absolute Gasteiger partial charge is 0.361 e. The van der Waals surface area contributed by atoms with Crippen LogP contribution < -0.4 is 16.2 Å². The first-order valence-corrected chi connectivity index (χ1v) is 11.3. The lowest BCUT2D eigenvalue weighted by atomic mass is 9.93. The molecule has 1 aliphatic heterocycles. The Morgan fingerprint density at radius 3 is 2.72 bits per heavy atom. The number of carbonyl (C=O) groups is 1. The first-order valence-electron chi connectivity index (χ1n) is 9.75. The Kier molecular flexibility index (Phi) is 6.85. The number of fused-ring (bicyclic) bond motifs is 1. The van der Waals surface area contributed by atoms with E-state index in [2.05, 4.69) is 10.3 Å². The predicted octanol–water partition coefficient (Wildman–Crippen LogP) is 1.44. The second kappa shape index (κ2) is 9.11. The van der Waals surface area contributed by atoms with E-state index in [4.69, 9.17) is 13.8 Å². The van der Waals surface area contributed by atoms with Crippen molar-refractivity contribution < 1.29 is 32.6 Å². The molecule has 1 aromatic carbocycles. The highest BCUT2D eigenvalue weighted by molar-refractivity contribution is 7.62. The molecular weight excluding hydrogens is 444 g/mol. The maximum absolute atomic E-state index is 13.8. The molecule has 1 aliphatic rings. The third-order valence-electron chi connectivity index (χ3n) is 5.15. The molecule has 1 amide bonds. The van der Waals surface area contributed by atoms with Crippen LogP contribution in [-0.2, 0) is 36.9 Å². The van der Waals surface area contributed by atoms with E-state index in [1.807, 2.05) is 13.8 Å². The van der Waals surface area contributed by atoms with Crippen molar-refractivity contribution in [3.63, 3.8) is 0 Å². The standard InChI is InChI=1S/C20H25FN3O7P/c1-20(2)11-31-8-7-24-18(27)16(25)15(23-19(20)24)17(26)22-10-12-5-6-13(21)9-14(12)32(28,29-3)30-4/h5-6,9,25H,7-8,10-11H2,1-4H3,(H,22,26). The van der Waals surface area contributed by atoms with E-state index >= 15 is 0 Å². The number of nitrogens with one attached hydrogen (secondary N) is 1. The Morgan fingerprint density at radius 1 is 1.38 bits per heavy atom. The molecule has 2 heterocycles. The second-order valence-electron chi connectivity index (χ2n) is 7.84. The summed E-state index contributed by atoms with van der Waals surface area (Å²) in [7, 11) is -1.49. The van der Waals surface area contributed by atoms with E-state index in [0.717, 1.165) is 26.4 Å². The molecule has 0 aliphatic carbocycles. The van der Waals surface area contributed by atoms with Crippen molar-refractivity contribution in [2.75, 3.05) is 27.4 Å². The summed E-state index contributed by atoms with van der Waals surface area (Å²) in [5.41, 5.74) is -1.59. The van der Waals surface area contributed by atoms with Crippen LogP contribution in [0.4, 0.5) is 4.39 Å². The SMILES string of the molecule is COP(=O)(OC)c1cc(F)ccc1CNC(=O)c1nc2n(c(=O)c1O)CCOCC2(C)C. The number of hydrogen-bond donors (Lipinski definition) is 2. The highest BCUT2D eigenvalue weighted by atomic mass is 31.2. The van der Waals surface area contributed by atoms with E-state index in [1.54, 1.807) is 0 Å². The van der Waals surface area contributed by atoms with Gasteiger partial charge in [-0.1, -0.05) is 19.9 Å². The van der Waals surface area contributed by atoms with Gasteiger partial charge in [-0.25, -0.2) is 9.37 Å². The van der Waals surface area contributed by atoms with Crippen LogP contribution in [0, 0.1) is 5.82 Å². The largest absolute Gasteiger partial charge is 0.501 e. The van der Waals surface area contributed by atoms with Crippen LogP contribution in [0.25, 0.3) is 0 Å². The maximum atomic E-state index is 13.8. The van der Waals surface area contributed by atoms with Crippen LogP contribution in [0.5, 0.6) is 5.75 Å². The van der Waals surface area contributed by atoms with Gasteiger partial charge in [0, 0.05) is 26.2 Å². The molecule has 0 saturated carbocycles. The monoisotopic (exact) mass is 469 g/mol. The molecule has 3 rings (SSSR count). The van der Waals surface area contributed by atoms with Crippen molar-refractivity contribution in [3.05, 3.63) is 51.5 Å². The zero-order valence-electron chi connectivity index (χ0n) is 18.2. The van der Waals surface area contributed by atoms with E-state index in [9.17, 15) is 23.7 Å². The Morgan fingerprint density at radius 2 is 2.06 bits per heavy atom. The average Bonchev–Trinajstić information content (AvgIpc) is 2.92. The summed E-state index contributed by atoms with van der Waals surface area (Å²) >= 11 is 0. The fourth-order valence-corrected chi connectivity index (χ4v) is 4.78. The van der Waals surface area contributed by atoms with E-state index in [1.165, 1.54) is 10.6 Å². The summed E-state index contributed by atoms with van der Waals surface area (Å²) in [6.45, 7) is 4.17. The van der Waals surface area contributed by atoms with Gasteiger partial charge in [0.25, 0.3) is 11.5 Å². The molecule has 12 heteroatoms. The fraction of sp³-hybridized carbons (Fsp3) is 0.450. The van der Waals surface area contributed by atoms with Crippen molar-refractivity contribution in [2.24, 2.45) is 0 Å². The van der Waals surface area contributed by atoms with Crippen LogP contribution in [0.3, 0.4) is 0 Å². The van der Waals surface area contributed by atoms with Crippen LogP contribution in [-0.4, -0.2) is 48.0 Å². The van der Waals surface area contributed by atoms with Gasteiger partial charge in [-0.05, 0) is 17.7 Å². The van der Waals surface area contributed by atoms with Crippen molar-refractivity contribution in [1.29, 1.82) is 0 Å². The molecule has 10 nitrogen and oxygen atoms in total. The number of aromatic hydroxyl groups is 1. The summed E-state index contributed by atoms with van der Waals surface area (Å²) in [6, 6.07) is 3.46. The fourth-order valence-electron chi connectivity index (χ4n) is 3.45. The number of nitrogens with zero attached hydrogens (tertiary/aromatic N) is 2. The van der Waals surface area contributed by atoms with Gasteiger partial charge in [0.05, 0.1) is 25.1 Å². The molecule has 1 aromatic heterocycles.